The average molecular weight is 389 g/mol. The highest BCUT2D eigenvalue weighted by Gasteiger charge is 2.16. The molecule has 1 aromatic heterocycles. The third-order valence-electron chi connectivity index (χ3n) is 4.58. The SMILES string of the molecule is CCCC(C)c1nnc(NC(=O)c2ccc(NC(=O)C(CC)CC)cc2)s1. The van der Waals surface area contributed by atoms with Crippen LogP contribution in [0.4, 0.5) is 10.8 Å². The Morgan fingerprint density at radius 2 is 1.70 bits per heavy atom. The Balaban J connectivity index is 1.96. The highest BCUT2D eigenvalue weighted by atomic mass is 32.1. The second-order valence-corrected chi connectivity index (χ2v) is 7.68. The van der Waals surface area contributed by atoms with Gasteiger partial charge < -0.3 is 5.32 Å². The second kappa shape index (κ2) is 10.2. The molecule has 1 aromatic carbocycles. The summed E-state index contributed by atoms with van der Waals surface area (Å²) < 4.78 is 0. The summed E-state index contributed by atoms with van der Waals surface area (Å²) in [6.45, 7) is 8.26. The van der Waals surface area contributed by atoms with Crippen molar-refractivity contribution in [2.75, 3.05) is 10.6 Å². The molecule has 0 aliphatic carbocycles. The third kappa shape index (κ3) is 5.85. The number of carbonyl (C=O) groups excluding carboxylic acids is 2. The summed E-state index contributed by atoms with van der Waals surface area (Å²) >= 11 is 1.41. The number of nitrogens with one attached hydrogen (secondary N) is 2. The van der Waals surface area contributed by atoms with Gasteiger partial charge in [0.2, 0.25) is 11.0 Å². The van der Waals surface area contributed by atoms with Crippen LogP contribution in [0.25, 0.3) is 0 Å². The third-order valence-corrected chi connectivity index (χ3v) is 5.65. The minimum atomic E-state index is -0.237. The molecule has 2 rings (SSSR count). The first-order chi connectivity index (χ1) is 13.0. The normalized spacial score (nSPS) is 12.0. The molecule has 2 N–H and O–H groups in total. The summed E-state index contributed by atoms with van der Waals surface area (Å²) in [5.41, 5.74) is 1.20. The zero-order valence-corrected chi connectivity index (χ0v) is 17.2. The van der Waals surface area contributed by atoms with Gasteiger partial charge in [-0.05, 0) is 43.5 Å². The van der Waals surface area contributed by atoms with Gasteiger partial charge >= 0.3 is 0 Å². The molecule has 27 heavy (non-hydrogen) atoms. The van der Waals surface area contributed by atoms with Crippen LogP contribution in [-0.2, 0) is 4.79 Å². The van der Waals surface area contributed by atoms with E-state index in [0.717, 1.165) is 30.7 Å². The van der Waals surface area contributed by atoms with E-state index in [4.69, 9.17) is 0 Å². The molecule has 1 atom stereocenters. The van der Waals surface area contributed by atoms with Crippen molar-refractivity contribution in [1.29, 1.82) is 0 Å². The molecule has 0 saturated heterocycles. The predicted octanol–water partition coefficient (Wildman–Crippen LogP) is 5.07. The van der Waals surface area contributed by atoms with Crippen LogP contribution < -0.4 is 10.6 Å². The summed E-state index contributed by atoms with van der Waals surface area (Å²) in [4.78, 5) is 24.5. The van der Waals surface area contributed by atoms with Crippen molar-refractivity contribution in [2.24, 2.45) is 5.92 Å². The lowest BCUT2D eigenvalue weighted by atomic mass is 10.0. The molecule has 0 spiro atoms. The standard InChI is InChI=1S/C20H28N4O2S/c1-5-8-13(4)19-23-24-20(27-19)22-18(26)15-9-11-16(12-10-15)21-17(25)14(6-2)7-3/h9-14H,5-8H2,1-4H3,(H,21,25)(H,22,24,26). The number of carbonyl (C=O) groups is 2. The average Bonchev–Trinajstić information content (AvgIpc) is 3.12. The number of benzene rings is 1. The molecule has 2 amide bonds. The van der Waals surface area contributed by atoms with Crippen LogP contribution in [0.2, 0.25) is 0 Å². The number of hydrogen-bond acceptors (Lipinski definition) is 5. The molecule has 0 bridgehead atoms. The fourth-order valence-electron chi connectivity index (χ4n) is 2.82. The van der Waals surface area contributed by atoms with Gasteiger partial charge in [-0.2, -0.15) is 0 Å². The minimum absolute atomic E-state index is 0.00896. The Morgan fingerprint density at radius 3 is 2.30 bits per heavy atom. The largest absolute Gasteiger partial charge is 0.326 e. The van der Waals surface area contributed by atoms with E-state index in [1.54, 1.807) is 24.3 Å². The van der Waals surface area contributed by atoms with E-state index in [9.17, 15) is 9.59 Å². The second-order valence-electron chi connectivity index (χ2n) is 6.67. The highest BCUT2D eigenvalue weighted by molar-refractivity contribution is 7.15. The molecule has 0 radical (unpaired) electrons. The van der Waals surface area contributed by atoms with Crippen molar-refractivity contribution >= 4 is 34.0 Å². The van der Waals surface area contributed by atoms with Crippen molar-refractivity contribution in [3.63, 3.8) is 0 Å². The molecule has 7 heteroatoms. The molecular formula is C20H28N4O2S. The summed E-state index contributed by atoms with van der Waals surface area (Å²) in [6, 6.07) is 6.87. The smallest absolute Gasteiger partial charge is 0.257 e. The van der Waals surface area contributed by atoms with Crippen LogP contribution in [0.5, 0.6) is 0 Å². The van der Waals surface area contributed by atoms with Gasteiger partial charge in [-0.3, -0.25) is 14.9 Å². The molecular weight excluding hydrogens is 360 g/mol. The first-order valence-electron chi connectivity index (χ1n) is 9.54. The Hall–Kier alpha value is -2.28. The van der Waals surface area contributed by atoms with E-state index in [0.29, 0.717) is 22.3 Å². The van der Waals surface area contributed by atoms with Gasteiger partial charge in [0.15, 0.2) is 0 Å². The summed E-state index contributed by atoms with van der Waals surface area (Å²) in [6.07, 6.45) is 3.75. The summed E-state index contributed by atoms with van der Waals surface area (Å²) in [5.74, 6) is 0.129. The van der Waals surface area contributed by atoms with Crippen molar-refractivity contribution in [2.45, 2.75) is 59.3 Å². The number of anilines is 2. The van der Waals surface area contributed by atoms with Gasteiger partial charge in [-0.25, -0.2) is 0 Å². The topological polar surface area (TPSA) is 84.0 Å². The lowest BCUT2D eigenvalue weighted by molar-refractivity contribution is -0.120. The number of hydrogen-bond donors (Lipinski definition) is 2. The minimum Gasteiger partial charge on any atom is -0.326 e. The van der Waals surface area contributed by atoms with E-state index < -0.39 is 0 Å². The maximum absolute atomic E-state index is 12.4. The molecule has 1 unspecified atom stereocenters. The number of amides is 2. The lowest BCUT2D eigenvalue weighted by Crippen LogP contribution is -2.21. The van der Waals surface area contributed by atoms with Gasteiger partial charge in [-0.15, -0.1) is 10.2 Å². The Bertz CT molecular complexity index is 754. The van der Waals surface area contributed by atoms with Crippen molar-refractivity contribution < 1.29 is 9.59 Å². The predicted molar refractivity (Wildman–Crippen MR) is 110 cm³/mol. The first kappa shape index (κ1) is 21.0. The number of rotatable bonds is 9. The molecule has 0 aliphatic rings. The highest BCUT2D eigenvalue weighted by Crippen LogP contribution is 2.26. The van der Waals surface area contributed by atoms with Crippen LogP contribution in [0.1, 0.15) is 74.7 Å². The van der Waals surface area contributed by atoms with Crippen LogP contribution in [0, 0.1) is 5.92 Å². The Morgan fingerprint density at radius 1 is 1.04 bits per heavy atom. The van der Waals surface area contributed by atoms with Crippen LogP contribution in [0.15, 0.2) is 24.3 Å². The quantitative estimate of drug-likeness (QED) is 0.628. The van der Waals surface area contributed by atoms with E-state index in [-0.39, 0.29) is 17.7 Å². The molecule has 0 saturated carbocycles. The van der Waals surface area contributed by atoms with Crippen molar-refractivity contribution in [1.82, 2.24) is 10.2 Å². The van der Waals surface area contributed by atoms with Crippen LogP contribution >= 0.6 is 11.3 Å². The Kier molecular flexibility index (Phi) is 7.91. The maximum atomic E-state index is 12.4. The maximum Gasteiger partial charge on any atom is 0.257 e. The first-order valence-corrected chi connectivity index (χ1v) is 10.4. The van der Waals surface area contributed by atoms with E-state index in [1.165, 1.54) is 11.3 Å². The number of nitrogens with zero attached hydrogens (tertiary/aromatic N) is 2. The number of aromatic nitrogens is 2. The fraction of sp³-hybridized carbons (Fsp3) is 0.500. The Labute approximate surface area is 164 Å². The molecule has 1 heterocycles. The zero-order valence-electron chi connectivity index (χ0n) is 16.4. The zero-order chi connectivity index (χ0) is 19.8. The molecule has 2 aromatic rings. The lowest BCUT2D eigenvalue weighted by Gasteiger charge is -2.12. The van der Waals surface area contributed by atoms with Gasteiger partial charge in [-0.1, -0.05) is 45.5 Å². The van der Waals surface area contributed by atoms with Gasteiger partial charge in [0.1, 0.15) is 5.01 Å². The van der Waals surface area contributed by atoms with Crippen LogP contribution in [-0.4, -0.2) is 22.0 Å². The molecule has 0 aliphatic heterocycles. The molecule has 6 nitrogen and oxygen atoms in total. The molecule has 146 valence electrons. The van der Waals surface area contributed by atoms with Gasteiger partial charge in [0.05, 0.1) is 0 Å². The monoisotopic (exact) mass is 388 g/mol. The fourth-order valence-corrected chi connectivity index (χ4v) is 3.64. The van der Waals surface area contributed by atoms with E-state index in [1.807, 2.05) is 13.8 Å². The summed E-state index contributed by atoms with van der Waals surface area (Å²) in [5, 5.41) is 15.4. The molecule has 0 fully saturated rings. The van der Waals surface area contributed by atoms with E-state index >= 15 is 0 Å². The summed E-state index contributed by atoms with van der Waals surface area (Å²) in [7, 11) is 0. The van der Waals surface area contributed by atoms with Crippen molar-refractivity contribution in [3.05, 3.63) is 34.8 Å². The van der Waals surface area contributed by atoms with Gasteiger partial charge in [0.25, 0.3) is 5.91 Å². The van der Waals surface area contributed by atoms with Gasteiger partial charge in [0, 0.05) is 23.1 Å². The van der Waals surface area contributed by atoms with Crippen molar-refractivity contribution in [3.8, 4) is 0 Å². The van der Waals surface area contributed by atoms with E-state index in [2.05, 4.69) is 34.7 Å². The van der Waals surface area contributed by atoms with Crippen LogP contribution in [0.3, 0.4) is 0 Å².